The molecule has 0 N–H and O–H groups in total. The summed E-state index contributed by atoms with van der Waals surface area (Å²) in [6.45, 7) is 6.72. The minimum atomic E-state index is -0.0181. The number of nitrogens with zero attached hydrogens (tertiary/aromatic N) is 1. The van der Waals surface area contributed by atoms with Gasteiger partial charge in [0, 0.05) is 0 Å². The predicted octanol–water partition coefficient (Wildman–Crippen LogP) is 2.59. The number of hydrogen-bond donors (Lipinski definition) is 0. The molecule has 0 bridgehead atoms. The van der Waals surface area contributed by atoms with E-state index in [4.69, 9.17) is 4.74 Å². The lowest BCUT2D eigenvalue weighted by Crippen LogP contribution is -2.37. The van der Waals surface area contributed by atoms with Gasteiger partial charge in [-0.05, 0) is 39.3 Å². The van der Waals surface area contributed by atoms with Gasteiger partial charge < -0.3 is 4.74 Å². The highest BCUT2D eigenvalue weighted by Crippen LogP contribution is 2.19. The summed E-state index contributed by atoms with van der Waals surface area (Å²) in [6, 6.07) is 0.0431. The monoisotopic (exact) mass is 227 g/mol. The highest BCUT2D eigenvalue weighted by atomic mass is 16.5. The second-order valence-corrected chi connectivity index (χ2v) is 4.51. The van der Waals surface area contributed by atoms with Gasteiger partial charge in [0.25, 0.3) is 0 Å². The SMILES string of the molecule is CCCCCCN1CCCC1C(=O)OCC. The number of esters is 1. The number of hydrogen-bond acceptors (Lipinski definition) is 3. The molecular weight excluding hydrogens is 202 g/mol. The molecule has 0 aromatic heterocycles. The van der Waals surface area contributed by atoms with Crippen molar-refractivity contribution in [3.8, 4) is 0 Å². The van der Waals surface area contributed by atoms with Gasteiger partial charge in [-0.15, -0.1) is 0 Å². The largest absolute Gasteiger partial charge is 0.465 e. The summed E-state index contributed by atoms with van der Waals surface area (Å²) in [6.07, 6.45) is 7.18. The van der Waals surface area contributed by atoms with Gasteiger partial charge in [-0.1, -0.05) is 26.2 Å². The first-order valence-electron chi connectivity index (χ1n) is 6.70. The Morgan fingerprint density at radius 1 is 1.31 bits per heavy atom. The molecule has 3 heteroatoms. The molecule has 0 amide bonds. The van der Waals surface area contributed by atoms with E-state index >= 15 is 0 Å². The third kappa shape index (κ3) is 4.12. The van der Waals surface area contributed by atoms with Crippen molar-refractivity contribution in [3.63, 3.8) is 0 Å². The maximum atomic E-state index is 11.7. The van der Waals surface area contributed by atoms with Crippen LogP contribution in [0.15, 0.2) is 0 Å². The lowest BCUT2D eigenvalue weighted by atomic mass is 10.2. The first kappa shape index (κ1) is 13.5. The molecule has 1 rings (SSSR count). The van der Waals surface area contributed by atoms with Crippen molar-refractivity contribution >= 4 is 5.97 Å². The van der Waals surface area contributed by atoms with Crippen molar-refractivity contribution in [2.24, 2.45) is 0 Å². The average molecular weight is 227 g/mol. The number of carbonyl (C=O) groups excluding carboxylic acids is 1. The standard InChI is InChI=1S/C13H25NO2/c1-3-5-6-7-10-14-11-8-9-12(14)13(15)16-4-2/h12H,3-11H2,1-2H3. The van der Waals surface area contributed by atoms with Gasteiger partial charge in [0.1, 0.15) is 6.04 Å². The molecular formula is C13H25NO2. The van der Waals surface area contributed by atoms with Crippen molar-refractivity contribution in [3.05, 3.63) is 0 Å². The van der Waals surface area contributed by atoms with Gasteiger partial charge in [0.2, 0.25) is 0 Å². The number of likely N-dealkylation sites (tertiary alicyclic amines) is 1. The lowest BCUT2D eigenvalue weighted by molar-refractivity contribution is -0.148. The van der Waals surface area contributed by atoms with Crippen LogP contribution in [0.3, 0.4) is 0 Å². The summed E-state index contributed by atoms with van der Waals surface area (Å²) in [5.41, 5.74) is 0. The number of rotatable bonds is 7. The second-order valence-electron chi connectivity index (χ2n) is 4.51. The van der Waals surface area contributed by atoms with Crippen LogP contribution in [0, 0.1) is 0 Å². The topological polar surface area (TPSA) is 29.5 Å². The molecule has 3 nitrogen and oxygen atoms in total. The van der Waals surface area contributed by atoms with Gasteiger partial charge in [-0.3, -0.25) is 9.69 Å². The van der Waals surface area contributed by atoms with E-state index in [1.54, 1.807) is 0 Å². The van der Waals surface area contributed by atoms with E-state index in [2.05, 4.69) is 11.8 Å². The Balaban J connectivity index is 2.26. The first-order valence-corrected chi connectivity index (χ1v) is 6.70. The molecule has 94 valence electrons. The Morgan fingerprint density at radius 2 is 2.12 bits per heavy atom. The van der Waals surface area contributed by atoms with E-state index in [0.29, 0.717) is 6.61 Å². The molecule has 1 unspecified atom stereocenters. The number of carbonyl (C=O) groups is 1. The lowest BCUT2D eigenvalue weighted by Gasteiger charge is -2.22. The van der Waals surface area contributed by atoms with Crippen molar-refractivity contribution < 1.29 is 9.53 Å². The summed E-state index contributed by atoms with van der Waals surface area (Å²) in [7, 11) is 0. The maximum absolute atomic E-state index is 11.7. The van der Waals surface area contributed by atoms with Crippen molar-refractivity contribution in [1.29, 1.82) is 0 Å². The molecule has 0 aromatic carbocycles. The molecule has 0 saturated carbocycles. The summed E-state index contributed by atoms with van der Waals surface area (Å²) in [5.74, 6) is -0.0181. The van der Waals surface area contributed by atoms with E-state index in [-0.39, 0.29) is 12.0 Å². The van der Waals surface area contributed by atoms with Crippen LogP contribution < -0.4 is 0 Å². The minimum Gasteiger partial charge on any atom is -0.465 e. The predicted molar refractivity (Wildman–Crippen MR) is 65.4 cm³/mol. The van der Waals surface area contributed by atoms with Crippen molar-refractivity contribution in [2.75, 3.05) is 19.7 Å². The van der Waals surface area contributed by atoms with Crippen LogP contribution in [0.25, 0.3) is 0 Å². The highest BCUT2D eigenvalue weighted by Gasteiger charge is 2.30. The molecule has 0 aliphatic carbocycles. The zero-order valence-corrected chi connectivity index (χ0v) is 10.7. The Bertz CT molecular complexity index is 206. The molecule has 1 aliphatic heterocycles. The minimum absolute atomic E-state index is 0.0181. The van der Waals surface area contributed by atoms with Gasteiger partial charge in [0.15, 0.2) is 0 Å². The Morgan fingerprint density at radius 3 is 2.81 bits per heavy atom. The van der Waals surface area contributed by atoms with E-state index in [0.717, 1.165) is 25.9 Å². The van der Waals surface area contributed by atoms with Crippen molar-refractivity contribution in [2.45, 2.75) is 58.4 Å². The molecule has 16 heavy (non-hydrogen) atoms. The summed E-state index contributed by atoms with van der Waals surface area (Å²) >= 11 is 0. The highest BCUT2D eigenvalue weighted by molar-refractivity contribution is 5.76. The fraction of sp³-hybridized carbons (Fsp3) is 0.923. The van der Waals surface area contributed by atoms with Crippen LogP contribution in [0.2, 0.25) is 0 Å². The molecule has 1 heterocycles. The summed E-state index contributed by atoms with van der Waals surface area (Å²) in [5, 5.41) is 0. The van der Waals surface area contributed by atoms with Gasteiger partial charge in [0.05, 0.1) is 6.61 Å². The number of ether oxygens (including phenoxy) is 1. The van der Waals surface area contributed by atoms with Crippen LogP contribution in [0.4, 0.5) is 0 Å². The maximum Gasteiger partial charge on any atom is 0.323 e. The normalized spacial score (nSPS) is 21.2. The Kier molecular flexibility index (Phi) is 6.46. The smallest absolute Gasteiger partial charge is 0.323 e. The summed E-state index contributed by atoms with van der Waals surface area (Å²) < 4.78 is 5.10. The molecule has 1 aliphatic rings. The molecule has 0 spiro atoms. The average Bonchev–Trinajstić information content (AvgIpc) is 2.73. The molecule has 1 fully saturated rings. The van der Waals surface area contributed by atoms with Crippen LogP contribution >= 0.6 is 0 Å². The van der Waals surface area contributed by atoms with Crippen LogP contribution in [0.1, 0.15) is 52.4 Å². The van der Waals surface area contributed by atoms with Gasteiger partial charge in [-0.25, -0.2) is 0 Å². The van der Waals surface area contributed by atoms with Crippen LogP contribution in [-0.2, 0) is 9.53 Å². The first-order chi connectivity index (χ1) is 7.79. The fourth-order valence-corrected chi connectivity index (χ4v) is 2.34. The van der Waals surface area contributed by atoms with E-state index in [1.165, 1.54) is 25.7 Å². The zero-order chi connectivity index (χ0) is 11.8. The Hall–Kier alpha value is -0.570. The molecule has 1 saturated heterocycles. The van der Waals surface area contributed by atoms with Gasteiger partial charge >= 0.3 is 5.97 Å². The summed E-state index contributed by atoms with van der Waals surface area (Å²) in [4.78, 5) is 14.0. The zero-order valence-electron chi connectivity index (χ0n) is 10.7. The van der Waals surface area contributed by atoms with Crippen LogP contribution in [0.5, 0.6) is 0 Å². The fourth-order valence-electron chi connectivity index (χ4n) is 2.34. The number of unbranched alkanes of at least 4 members (excludes halogenated alkanes) is 3. The van der Waals surface area contributed by atoms with Crippen molar-refractivity contribution in [1.82, 2.24) is 4.90 Å². The van der Waals surface area contributed by atoms with E-state index in [9.17, 15) is 4.79 Å². The van der Waals surface area contributed by atoms with Crippen LogP contribution in [-0.4, -0.2) is 36.6 Å². The second kappa shape index (κ2) is 7.66. The van der Waals surface area contributed by atoms with E-state index < -0.39 is 0 Å². The third-order valence-corrected chi connectivity index (χ3v) is 3.22. The van der Waals surface area contributed by atoms with Gasteiger partial charge in [-0.2, -0.15) is 0 Å². The quantitative estimate of drug-likeness (QED) is 0.494. The molecule has 1 atom stereocenters. The van der Waals surface area contributed by atoms with E-state index in [1.807, 2.05) is 6.92 Å². The molecule has 0 radical (unpaired) electrons. The molecule has 0 aromatic rings. The Labute approximate surface area is 99.1 Å². The third-order valence-electron chi connectivity index (χ3n) is 3.22.